The van der Waals surface area contributed by atoms with Gasteiger partial charge in [-0.3, -0.25) is 9.59 Å². The van der Waals surface area contributed by atoms with E-state index in [4.69, 9.17) is 10.8 Å². The van der Waals surface area contributed by atoms with Crippen LogP contribution in [0.2, 0.25) is 0 Å². The van der Waals surface area contributed by atoms with Gasteiger partial charge in [-0.25, -0.2) is 18.4 Å². The van der Waals surface area contributed by atoms with E-state index >= 15 is 0 Å². The molecule has 0 aromatic heterocycles. The molecule has 0 saturated carbocycles. The van der Waals surface area contributed by atoms with Crippen LogP contribution in [0.3, 0.4) is 0 Å². The Morgan fingerprint density at radius 2 is 1.29 bits per heavy atom. The highest BCUT2D eigenvalue weighted by Crippen LogP contribution is 2.08. The second kappa shape index (κ2) is 23.8. The Labute approximate surface area is 247 Å². The maximum Gasteiger partial charge on any atom is 0.335 e. The minimum Gasteiger partial charge on any atom is -0.478 e. The molecule has 2 aromatic carbocycles. The topological polar surface area (TPSA) is 145 Å². The van der Waals surface area contributed by atoms with Crippen LogP contribution in [0.4, 0.5) is 8.78 Å². The minimum absolute atomic E-state index is 0. The first kappa shape index (κ1) is 40.3. The van der Waals surface area contributed by atoms with Crippen molar-refractivity contribution in [3.05, 3.63) is 71.3 Å². The van der Waals surface area contributed by atoms with Crippen LogP contribution in [0.5, 0.6) is 0 Å². The van der Waals surface area contributed by atoms with Crippen molar-refractivity contribution < 1.29 is 42.5 Å². The molecule has 0 fully saturated rings. The number of esters is 2. The number of rotatable bonds is 13. The summed E-state index contributed by atoms with van der Waals surface area (Å²) in [4.78, 5) is 44.5. The number of amides is 1. The van der Waals surface area contributed by atoms with Gasteiger partial charge in [0.1, 0.15) is 23.7 Å². The van der Waals surface area contributed by atoms with Gasteiger partial charge in [0.25, 0.3) is 5.91 Å². The molecule has 42 heavy (non-hydrogen) atoms. The zero-order chi connectivity index (χ0) is 31.2. The lowest BCUT2D eigenvalue weighted by atomic mass is 10.1. The van der Waals surface area contributed by atoms with Crippen LogP contribution >= 0.6 is 0 Å². The largest absolute Gasteiger partial charge is 0.478 e. The molecule has 0 saturated heterocycles. The molecular formula is C31H46F2N2O7. The van der Waals surface area contributed by atoms with Crippen molar-refractivity contribution in [1.29, 1.82) is 0 Å². The Kier molecular flexibility index (Phi) is 22.8. The number of benzene rings is 2. The Hall–Kier alpha value is -3.86. The van der Waals surface area contributed by atoms with Crippen LogP contribution in [0.1, 0.15) is 93.4 Å². The Morgan fingerprint density at radius 3 is 1.71 bits per heavy atom. The number of methoxy groups -OCH3 is 2. The SMILES string of the molecule is C.CCCCC[C@H](N)C(=O)OC.CCCCC[C@H](NC(=O)c1cccc(F)c1)C(=O)OC.O=C(O)c1cccc(F)c1. The maximum absolute atomic E-state index is 13.1. The average molecular weight is 597 g/mol. The van der Waals surface area contributed by atoms with E-state index in [2.05, 4.69) is 28.6 Å². The quantitative estimate of drug-likeness (QED) is 0.191. The van der Waals surface area contributed by atoms with E-state index in [0.29, 0.717) is 6.42 Å². The third-order valence-corrected chi connectivity index (χ3v) is 5.67. The summed E-state index contributed by atoms with van der Waals surface area (Å²) >= 11 is 0. The van der Waals surface area contributed by atoms with Gasteiger partial charge in [0.15, 0.2) is 0 Å². The molecular weight excluding hydrogens is 550 g/mol. The molecule has 0 aliphatic rings. The van der Waals surface area contributed by atoms with Gasteiger partial charge in [-0.15, -0.1) is 0 Å². The molecule has 2 atom stereocenters. The maximum atomic E-state index is 13.1. The number of carbonyl (C=O) groups excluding carboxylic acids is 3. The van der Waals surface area contributed by atoms with Gasteiger partial charge >= 0.3 is 17.9 Å². The number of nitrogens with two attached hydrogens (primary N) is 1. The zero-order valence-electron chi connectivity index (χ0n) is 24.2. The molecule has 236 valence electrons. The first-order valence-electron chi connectivity index (χ1n) is 13.5. The second-order valence-corrected chi connectivity index (χ2v) is 9.00. The number of carboxylic acid groups (broad SMARTS) is 1. The van der Waals surface area contributed by atoms with Gasteiger partial charge in [0.2, 0.25) is 0 Å². The lowest BCUT2D eigenvalue weighted by Crippen LogP contribution is -2.41. The molecule has 4 N–H and O–H groups in total. The fourth-order valence-electron chi connectivity index (χ4n) is 3.37. The van der Waals surface area contributed by atoms with Crippen molar-refractivity contribution in [2.75, 3.05) is 14.2 Å². The summed E-state index contributed by atoms with van der Waals surface area (Å²) in [6.07, 6.45) is 7.35. The van der Waals surface area contributed by atoms with Crippen molar-refractivity contribution in [3.63, 3.8) is 0 Å². The molecule has 0 unspecified atom stereocenters. The number of unbranched alkanes of at least 4 members (excludes halogenated alkanes) is 4. The van der Waals surface area contributed by atoms with E-state index in [0.717, 1.165) is 57.1 Å². The number of nitrogens with one attached hydrogen (secondary N) is 1. The van der Waals surface area contributed by atoms with E-state index < -0.39 is 41.6 Å². The number of aromatic carboxylic acids is 1. The van der Waals surface area contributed by atoms with Crippen molar-refractivity contribution in [2.45, 2.75) is 84.7 Å². The molecule has 0 spiro atoms. The number of carbonyl (C=O) groups is 4. The molecule has 0 aliphatic carbocycles. The average Bonchev–Trinajstić information content (AvgIpc) is 2.96. The smallest absolute Gasteiger partial charge is 0.335 e. The number of carboxylic acids is 1. The number of hydrogen-bond acceptors (Lipinski definition) is 7. The molecule has 0 aliphatic heterocycles. The van der Waals surface area contributed by atoms with Crippen LogP contribution in [-0.2, 0) is 19.1 Å². The Morgan fingerprint density at radius 1 is 0.810 bits per heavy atom. The second-order valence-electron chi connectivity index (χ2n) is 9.00. The number of hydrogen-bond donors (Lipinski definition) is 3. The summed E-state index contributed by atoms with van der Waals surface area (Å²) in [5.41, 5.74) is 5.66. The Balaban J connectivity index is 0. The molecule has 2 rings (SSSR count). The molecule has 9 nitrogen and oxygen atoms in total. The molecule has 0 bridgehead atoms. The fourth-order valence-corrected chi connectivity index (χ4v) is 3.37. The molecule has 0 heterocycles. The van der Waals surface area contributed by atoms with E-state index in [9.17, 15) is 28.0 Å². The summed E-state index contributed by atoms with van der Waals surface area (Å²) in [5.74, 6) is -3.39. The van der Waals surface area contributed by atoms with E-state index in [1.165, 1.54) is 50.6 Å². The highest BCUT2D eigenvalue weighted by Gasteiger charge is 2.21. The summed E-state index contributed by atoms with van der Waals surface area (Å²) in [6.45, 7) is 4.17. The van der Waals surface area contributed by atoms with E-state index in [1.807, 2.05) is 0 Å². The van der Waals surface area contributed by atoms with Crippen molar-refractivity contribution >= 4 is 23.8 Å². The van der Waals surface area contributed by atoms with Gasteiger partial charge in [-0.1, -0.05) is 71.9 Å². The van der Waals surface area contributed by atoms with Gasteiger partial charge in [-0.05, 0) is 49.2 Å². The molecule has 2 aromatic rings. The van der Waals surface area contributed by atoms with E-state index in [1.54, 1.807) is 0 Å². The van der Waals surface area contributed by atoms with Gasteiger partial charge in [0, 0.05) is 5.56 Å². The number of ether oxygens (including phenoxy) is 2. The van der Waals surface area contributed by atoms with Crippen LogP contribution in [0.25, 0.3) is 0 Å². The first-order valence-corrected chi connectivity index (χ1v) is 13.5. The highest BCUT2D eigenvalue weighted by molar-refractivity contribution is 5.96. The van der Waals surface area contributed by atoms with Gasteiger partial charge in [-0.2, -0.15) is 0 Å². The third-order valence-electron chi connectivity index (χ3n) is 5.67. The van der Waals surface area contributed by atoms with Crippen molar-refractivity contribution in [2.24, 2.45) is 5.73 Å². The summed E-state index contributed by atoms with van der Waals surface area (Å²) in [7, 11) is 2.64. The van der Waals surface area contributed by atoms with Crippen LogP contribution in [0, 0.1) is 11.6 Å². The Bertz CT molecular complexity index is 1080. The lowest BCUT2D eigenvalue weighted by molar-refractivity contribution is -0.143. The zero-order valence-corrected chi connectivity index (χ0v) is 24.2. The van der Waals surface area contributed by atoms with Crippen LogP contribution in [-0.4, -0.2) is 55.2 Å². The lowest BCUT2D eigenvalue weighted by Gasteiger charge is -2.16. The fraction of sp³-hybridized carbons (Fsp3) is 0.484. The third kappa shape index (κ3) is 17.8. The monoisotopic (exact) mass is 596 g/mol. The predicted molar refractivity (Wildman–Crippen MR) is 158 cm³/mol. The number of halogens is 2. The van der Waals surface area contributed by atoms with Gasteiger partial charge in [0.05, 0.1) is 19.8 Å². The normalized spacial score (nSPS) is 11.1. The highest BCUT2D eigenvalue weighted by atomic mass is 19.1. The van der Waals surface area contributed by atoms with Crippen LogP contribution < -0.4 is 11.1 Å². The van der Waals surface area contributed by atoms with Crippen molar-refractivity contribution in [3.8, 4) is 0 Å². The minimum atomic E-state index is -1.11. The predicted octanol–water partition coefficient (Wildman–Crippen LogP) is 5.90. The van der Waals surface area contributed by atoms with Gasteiger partial charge < -0.3 is 25.6 Å². The van der Waals surface area contributed by atoms with Crippen LogP contribution in [0.15, 0.2) is 48.5 Å². The first-order chi connectivity index (χ1) is 19.5. The summed E-state index contributed by atoms with van der Waals surface area (Å²) < 4.78 is 34.5. The molecule has 1 amide bonds. The molecule has 11 heteroatoms. The van der Waals surface area contributed by atoms with Crippen molar-refractivity contribution in [1.82, 2.24) is 5.32 Å². The summed E-state index contributed by atoms with van der Waals surface area (Å²) in [6, 6.07) is 9.10. The molecule has 0 radical (unpaired) electrons. The van der Waals surface area contributed by atoms with E-state index in [-0.39, 0.29) is 24.5 Å². The standard InChI is InChI=1S/C15H20FNO3.C8H17NO2.C7H5FO2.CH4/c1-3-4-5-9-13(15(19)20-2)17-14(18)11-7-6-8-12(16)10-11;1-3-4-5-6-7(9)8(10)11-2;8-6-3-1-2-5(4-6)7(9)10;/h6-8,10,13H,3-5,9H2,1-2H3,(H,17,18);7H,3-6,9H2,1-2H3;1-4H,(H,9,10);1H4/t13-;7-;;/m00../s1. The summed E-state index contributed by atoms with van der Waals surface area (Å²) in [5, 5.41) is 10.9.